The first-order valence-corrected chi connectivity index (χ1v) is 5.73. The summed E-state index contributed by atoms with van der Waals surface area (Å²) >= 11 is 0. The number of ether oxygens (including phenoxy) is 1. The summed E-state index contributed by atoms with van der Waals surface area (Å²) in [5, 5.41) is 36.1. The zero-order chi connectivity index (χ0) is 13.8. The van der Waals surface area contributed by atoms with Crippen molar-refractivity contribution in [1.29, 1.82) is 0 Å². The van der Waals surface area contributed by atoms with Crippen molar-refractivity contribution < 1.29 is 84.7 Å². The molecule has 1 heterocycles. The standard InChI is InChI=1S/C6H13NO5.ClH.Na.H2O4S/c7-3-5(10)4(9)2(1-8)12-6(3)11;;;1-5(2,3)4/h2-6,8-11H,1,7H2;1H;;(H2,1,2,3,4)/q;;+1;/p-1/t2-,3-,4-,5-,6?;;;/m1.../s1. The molecule has 0 aromatic rings. The number of nitrogens with two attached hydrogens (primary N) is 1. The smallest absolute Gasteiger partial charge is 1.00 e. The summed E-state index contributed by atoms with van der Waals surface area (Å²) < 4.78 is 36.3. The van der Waals surface area contributed by atoms with Crippen LogP contribution in [0.15, 0.2) is 0 Å². The van der Waals surface area contributed by atoms with E-state index in [9.17, 15) is 10.2 Å². The van der Waals surface area contributed by atoms with Crippen molar-refractivity contribution in [1.82, 2.24) is 0 Å². The average Bonchev–Trinajstić information content (AvgIpc) is 2.18. The molecule has 1 rings (SSSR count). The van der Waals surface area contributed by atoms with Crippen LogP contribution in [0.3, 0.4) is 0 Å². The van der Waals surface area contributed by atoms with E-state index in [2.05, 4.69) is 0 Å². The molecule has 112 valence electrons. The predicted octanol–water partition coefficient (Wildman–Crippen LogP) is -9.90. The molecule has 5 atom stereocenters. The largest absolute Gasteiger partial charge is 1.00 e. The molecule has 13 heteroatoms. The second-order valence-electron chi connectivity index (χ2n) is 3.25. The maximum Gasteiger partial charge on any atom is 1.00 e. The van der Waals surface area contributed by atoms with Gasteiger partial charge in [-0.05, 0) is 0 Å². The van der Waals surface area contributed by atoms with Gasteiger partial charge in [0.2, 0.25) is 0 Å². The van der Waals surface area contributed by atoms with E-state index in [0.717, 1.165) is 0 Å². The molecule has 0 aliphatic carbocycles. The summed E-state index contributed by atoms with van der Waals surface area (Å²) in [6, 6.07) is -1.04. The first kappa shape index (κ1) is 24.9. The maximum atomic E-state index is 9.20. The van der Waals surface area contributed by atoms with Gasteiger partial charge in [-0.3, -0.25) is 9.11 Å². The molecule has 0 radical (unpaired) electrons. The fourth-order valence-electron chi connectivity index (χ4n) is 1.12. The van der Waals surface area contributed by atoms with Gasteiger partial charge in [-0.15, -0.1) is 0 Å². The molecular weight excluding hydrogens is 321 g/mol. The molecule has 10 nitrogen and oxygen atoms in total. The third-order valence-electron chi connectivity index (χ3n) is 1.95. The van der Waals surface area contributed by atoms with Crippen LogP contribution in [0.2, 0.25) is 0 Å². The van der Waals surface area contributed by atoms with Crippen LogP contribution in [0.1, 0.15) is 0 Å². The Bertz CT molecular complexity index is 318. The molecule has 0 aromatic carbocycles. The molecule has 1 fully saturated rings. The van der Waals surface area contributed by atoms with Crippen LogP contribution in [0.5, 0.6) is 0 Å². The molecule has 1 aliphatic rings. The quantitative estimate of drug-likeness (QED) is 0.179. The van der Waals surface area contributed by atoms with Crippen LogP contribution in [0.25, 0.3) is 0 Å². The Morgan fingerprint density at radius 3 is 1.79 bits per heavy atom. The Morgan fingerprint density at radius 2 is 1.47 bits per heavy atom. The van der Waals surface area contributed by atoms with Crippen LogP contribution < -0.4 is 47.7 Å². The zero-order valence-electron chi connectivity index (χ0n) is 9.87. The van der Waals surface area contributed by atoms with Crippen molar-refractivity contribution in [2.75, 3.05) is 6.61 Å². The summed E-state index contributed by atoms with van der Waals surface area (Å²) in [5.41, 5.74) is 5.26. The number of hydrogen-bond donors (Lipinski definition) is 7. The Hall–Kier alpha value is 0.920. The van der Waals surface area contributed by atoms with Gasteiger partial charge in [-0.25, -0.2) is 0 Å². The maximum absolute atomic E-state index is 9.20. The van der Waals surface area contributed by atoms with Crippen molar-refractivity contribution in [2.24, 2.45) is 5.73 Å². The number of hydrogen-bond acceptors (Lipinski definition) is 8. The molecule has 1 aliphatic heterocycles. The SMILES string of the molecule is N[C@H]1C(O)O[C@H](CO)[C@@H](O)[C@@H]1O.O=S(=O)(O)O.[Cl-].[Na+]. The number of rotatable bonds is 1. The van der Waals surface area contributed by atoms with Crippen molar-refractivity contribution >= 4 is 10.4 Å². The van der Waals surface area contributed by atoms with Gasteiger partial charge in [-0.1, -0.05) is 0 Å². The van der Waals surface area contributed by atoms with Crippen LogP contribution in [-0.2, 0) is 15.1 Å². The van der Waals surface area contributed by atoms with Crippen LogP contribution in [-0.4, -0.2) is 75.2 Å². The molecular formula is C6H15ClNNaO9S. The third-order valence-corrected chi connectivity index (χ3v) is 1.95. The van der Waals surface area contributed by atoms with E-state index in [-0.39, 0.29) is 42.0 Å². The van der Waals surface area contributed by atoms with Gasteiger partial charge in [0.25, 0.3) is 0 Å². The summed E-state index contributed by atoms with van der Waals surface area (Å²) in [6.07, 6.45) is -4.85. The molecule has 0 aromatic heterocycles. The first-order valence-electron chi connectivity index (χ1n) is 4.34. The topological polar surface area (TPSA) is 191 Å². The Balaban J connectivity index is -0.000000320. The van der Waals surface area contributed by atoms with E-state index in [0.29, 0.717) is 0 Å². The molecule has 0 spiro atoms. The molecule has 1 saturated heterocycles. The Labute approximate surface area is 137 Å². The normalized spacial score (nSPS) is 34.2. The summed E-state index contributed by atoms with van der Waals surface area (Å²) in [7, 11) is -4.67. The Morgan fingerprint density at radius 1 is 1.11 bits per heavy atom. The van der Waals surface area contributed by atoms with Gasteiger partial charge in [0.1, 0.15) is 18.3 Å². The van der Waals surface area contributed by atoms with Crippen molar-refractivity contribution in [3.05, 3.63) is 0 Å². The number of halogens is 1. The molecule has 0 saturated carbocycles. The van der Waals surface area contributed by atoms with E-state index in [1.54, 1.807) is 0 Å². The van der Waals surface area contributed by atoms with E-state index in [1.807, 2.05) is 0 Å². The first-order chi connectivity index (χ1) is 7.57. The van der Waals surface area contributed by atoms with E-state index in [4.69, 9.17) is 38.2 Å². The summed E-state index contributed by atoms with van der Waals surface area (Å²) in [6.45, 7) is -0.470. The Kier molecular flexibility index (Phi) is 13.9. The second kappa shape index (κ2) is 10.6. The number of aliphatic hydroxyl groups excluding tert-OH is 4. The molecule has 0 amide bonds. The fourth-order valence-corrected chi connectivity index (χ4v) is 1.12. The summed E-state index contributed by atoms with van der Waals surface area (Å²) in [5.74, 6) is 0. The van der Waals surface area contributed by atoms with Crippen LogP contribution in [0, 0.1) is 0 Å². The second-order valence-corrected chi connectivity index (χ2v) is 4.15. The van der Waals surface area contributed by atoms with Gasteiger partial charge >= 0.3 is 40.0 Å². The van der Waals surface area contributed by atoms with Crippen LogP contribution >= 0.6 is 0 Å². The molecule has 0 bridgehead atoms. The van der Waals surface area contributed by atoms with Crippen molar-refractivity contribution in [3.8, 4) is 0 Å². The van der Waals surface area contributed by atoms with Crippen molar-refractivity contribution in [2.45, 2.75) is 30.6 Å². The van der Waals surface area contributed by atoms with E-state index >= 15 is 0 Å². The monoisotopic (exact) mass is 335 g/mol. The molecule has 8 N–H and O–H groups in total. The predicted molar refractivity (Wildman–Crippen MR) is 52.1 cm³/mol. The van der Waals surface area contributed by atoms with Crippen LogP contribution in [0.4, 0.5) is 0 Å². The number of aliphatic hydroxyl groups is 4. The van der Waals surface area contributed by atoms with Gasteiger partial charge in [0.05, 0.1) is 12.6 Å². The van der Waals surface area contributed by atoms with Gasteiger partial charge < -0.3 is 43.3 Å². The molecule has 1 unspecified atom stereocenters. The molecule has 19 heavy (non-hydrogen) atoms. The third kappa shape index (κ3) is 10.3. The minimum absolute atomic E-state index is 0. The van der Waals surface area contributed by atoms with E-state index < -0.39 is 47.6 Å². The minimum Gasteiger partial charge on any atom is -1.00 e. The van der Waals surface area contributed by atoms with Gasteiger partial charge in [-0.2, -0.15) is 8.42 Å². The minimum atomic E-state index is -4.67. The van der Waals surface area contributed by atoms with Crippen molar-refractivity contribution in [3.63, 3.8) is 0 Å². The van der Waals surface area contributed by atoms with Gasteiger partial charge in [0.15, 0.2) is 6.29 Å². The van der Waals surface area contributed by atoms with E-state index in [1.165, 1.54) is 0 Å². The summed E-state index contributed by atoms with van der Waals surface area (Å²) in [4.78, 5) is 0. The van der Waals surface area contributed by atoms with Gasteiger partial charge in [0, 0.05) is 0 Å². The zero-order valence-corrected chi connectivity index (χ0v) is 13.4. The fraction of sp³-hybridized carbons (Fsp3) is 1.00. The average molecular weight is 336 g/mol.